The van der Waals surface area contributed by atoms with Gasteiger partial charge < -0.3 is 15.2 Å². The molecule has 1 aromatic rings. The van der Waals surface area contributed by atoms with E-state index < -0.39 is 6.10 Å². The third-order valence-corrected chi connectivity index (χ3v) is 2.15. The first-order valence-electron chi connectivity index (χ1n) is 5.71. The fourth-order valence-corrected chi connectivity index (χ4v) is 1.32. The molecule has 0 radical (unpaired) electrons. The topological polar surface area (TPSA) is 41.5 Å². The minimum absolute atomic E-state index is 0.332. The molecule has 0 heterocycles. The van der Waals surface area contributed by atoms with Gasteiger partial charge in [-0.25, -0.2) is 0 Å². The van der Waals surface area contributed by atoms with Crippen LogP contribution in [-0.2, 0) is 6.54 Å². The number of benzene rings is 1. The van der Waals surface area contributed by atoms with Crippen LogP contribution in [0.25, 0.3) is 0 Å². The molecule has 0 aliphatic carbocycles. The van der Waals surface area contributed by atoms with Gasteiger partial charge in [-0.05, 0) is 13.0 Å². The molecular weight excluding hydrogens is 202 g/mol. The summed E-state index contributed by atoms with van der Waals surface area (Å²) < 4.78 is 5.54. The van der Waals surface area contributed by atoms with Crippen LogP contribution in [0.5, 0.6) is 5.75 Å². The summed E-state index contributed by atoms with van der Waals surface area (Å²) in [6.45, 7) is 7.06. The molecule has 0 saturated carbocycles. The summed E-state index contributed by atoms with van der Waals surface area (Å²) in [5.41, 5.74) is 1.12. The van der Waals surface area contributed by atoms with E-state index in [4.69, 9.17) is 4.74 Å². The van der Waals surface area contributed by atoms with Crippen LogP contribution in [0.4, 0.5) is 0 Å². The lowest BCUT2D eigenvalue weighted by molar-refractivity contribution is 0.122. The first kappa shape index (κ1) is 13.0. The van der Waals surface area contributed by atoms with Crippen molar-refractivity contribution >= 4 is 0 Å². The zero-order chi connectivity index (χ0) is 12.0. The van der Waals surface area contributed by atoms with E-state index in [1.165, 1.54) is 0 Å². The smallest absolute Gasteiger partial charge is 0.123 e. The van der Waals surface area contributed by atoms with E-state index in [0.29, 0.717) is 12.6 Å². The monoisotopic (exact) mass is 223 g/mol. The molecular formula is C13H21NO2. The summed E-state index contributed by atoms with van der Waals surface area (Å²) in [6.07, 6.45) is -0.439. The van der Waals surface area contributed by atoms with Crippen molar-refractivity contribution in [3.63, 3.8) is 0 Å². The molecule has 3 heteroatoms. The minimum atomic E-state index is -0.439. The maximum absolute atomic E-state index is 9.18. The van der Waals surface area contributed by atoms with E-state index in [2.05, 4.69) is 19.2 Å². The number of hydrogen-bond acceptors (Lipinski definition) is 3. The van der Waals surface area contributed by atoms with E-state index >= 15 is 0 Å². The molecule has 0 aliphatic rings. The van der Waals surface area contributed by atoms with Crippen LogP contribution in [0.15, 0.2) is 24.3 Å². The third kappa shape index (κ3) is 4.64. The summed E-state index contributed by atoms with van der Waals surface area (Å²) in [6, 6.07) is 8.35. The Morgan fingerprint density at radius 3 is 2.56 bits per heavy atom. The molecule has 0 spiro atoms. The lowest BCUT2D eigenvalue weighted by Crippen LogP contribution is -2.22. The highest BCUT2D eigenvalue weighted by atomic mass is 16.5. The molecule has 3 nitrogen and oxygen atoms in total. The van der Waals surface area contributed by atoms with Gasteiger partial charge in [0.05, 0.1) is 6.10 Å². The molecule has 0 fully saturated rings. The van der Waals surface area contributed by atoms with Gasteiger partial charge in [0.15, 0.2) is 0 Å². The van der Waals surface area contributed by atoms with Crippen LogP contribution in [0, 0.1) is 0 Å². The average molecular weight is 223 g/mol. The van der Waals surface area contributed by atoms with Crippen LogP contribution >= 0.6 is 0 Å². The van der Waals surface area contributed by atoms with Crippen LogP contribution < -0.4 is 10.1 Å². The standard InChI is InChI=1S/C13H21NO2/c1-10(2)14-8-12-6-4-5-7-13(12)16-9-11(3)15/h4-7,10-11,14-15H,8-9H2,1-3H3. The van der Waals surface area contributed by atoms with Crippen molar-refractivity contribution < 1.29 is 9.84 Å². The molecule has 90 valence electrons. The van der Waals surface area contributed by atoms with E-state index in [0.717, 1.165) is 17.9 Å². The van der Waals surface area contributed by atoms with Gasteiger partial charge in [0.1, 0.15) is 12.4 Å². The normalized spacial score (nSPS) is 12.8. The third-order valence-electron chi connectivity index (χ3n) is 2.15. The summed E-state index contributed by atoms with van der Waals surface area (Å²) in [4.78, 5) is 0. The van der Waals surface area contributed by atoms with E-state index in [-0.39, 0.29) is 0 Å². The van der Waals surface area contributed by atoms with Crippen molar-refractivity contribution in [3.05, 3.63) is 29.8 Å². The highest BCUT2D eigenvalue weighted by Crippen LogP contribution is 2.17. The SMILES string of the molecule is CC(O)COc1ccccc1CNC(C)C. The van der Waals surface area contributed by atoms with Gasteiger partial charge in [-0.15, -0.1) is 0 Å². The van der Waals surface area contributed by atoms with Gasteiger partial charge in [0, 0.05) is 18.2 Å². The van der Waals surface area contributed by atoms with Gasteiger partial charge in [0.2, 0.25) is 0 Å². The number of aliphatic hydroxyl groups excluding tert-OH is 1. The Hall–Kier alpha value is -1.06. The highest BCUT2D eigenvalue weighted by Gasteiger charge is 2.04. The fourth-order valence-electron chi connectivity index (χ4n) is 1.32. The van der Waals surface area contributed by atoms with Crippen LogP contribution in [0.1, 0.15) is 26.3 Å². The predicted octanol–water partition coefficient (Wildman–Crippen LogP) is 1.94. The summed E-state index contributed by atoms with van der Waals surface area (Å²) >= 11 is 0. The first-order valence-corrected chi connectivity index (χ1v) is 5.71. The minimum Gasteiger partial charge on any atom is -0.491 e. The number of para-hydroxylation sites is 1. The second-order valence-corrected chi connectivity index (χ2v) is 4.30. The highest BCUT2D eigenvalue weighted by molar-refractivity contribution is 5.33. The zero-order valence-corrected chi connectivity index (χ0v) is 10.2. The summed E-state index contributed by atoms with van der Waals surface area (Å²) in [5, 5.41) is 12.5. The van der Waals surface area contributed by atoms with Crippen molar-refractivity contribution in [1.82, 2.24) is 5.32 Å². The molecule has 0 bridgehead atoms. The van der Waals surface area contributed by atoms with Crippen LogP contribution in [0.2, 0.25) is 0 Å². The Morgan fingerprint density at radius 1 is 1.25 bits per heavy atom. The molecule has 1 atom stereocenters. The van der Waals surface area contributed by atoms with Crippen LogP contribution in [0.3, 0.4) is 0 Å². The Kier molecular flexibility index (Phi) is 5.29. The molecule has 1 aromatic carbocycles. The Bertz CT molecular complexity index is 280. The molecule has 0 aliphatic heterocycles. The Labute approximate surface area is 97.4 Å². The number of hydrogen-bond donors (Lipinski definition) is 2. The van der Waals surface area contributed by atoms with Crippen molar-refractivity contribution in [2.45, 2.75) is 39.5 Å². The van der Waals surface area contributed by atoms with E-state index in [9.17, 15) is 5.11 Å². The molecule has 0 saturated heterocycles. The number of nitrogens with one attached hydrogen (secondary N) is 1. The predicted molar refractivity (Wildman–Crippen MR) is 65.6 cm³/mol. The number of aliphatic hydroxyl groups is 1. The average Bonchev–Trinajstić information content (AvgIpc) is 2.24. The number of ether oxygens (including phenoxy) is 1. The van der Waals surface area contributed by atoms with Gasteiger partial charge >= 0.3 is 0 Å². The second kappa shape index (κ2) is 6.51. The van der Waals surface area contributed by atoms with Crippen molar-refractivity contribution in [2.75, 3.05) is 6.61 Å². The van der Waals surface area contributed by atoms with Crippen LogP contribution in [-0.4, -0.2) is 23.9 Å². The quantitative estimate of drug-likeness (QED) is 0.774. The zero-order valence-electron chi connectivity index (χ0n) is 10.2. The largest absolute Gasteiger partial charge is 0.491 e. The van der Waals surface area contributed by atoms with Gasteiger partial charge in [-0.2, -0.15) is 0 Å². The second-order valence-electron chi connectivity index (χ2n) is 4.30. The van der Waals surface area contributed by atoms with E-state index in [1.54, 1.807) is 6.92 Å². The summed E-state index contributed by atoms with van der Waals surface area (Å²) in [5.74, 6) is 0.844. The maximum atomic E-state index is 9.18. The molecule has 2 N–H and O–H groups in total. The van der Waals surface area contributed by atoms with Gasteiger partial charge in [0.25, 0.3) is 0 Å². The Balaban J connectivity index is 2.60. The lowest BCUT2D eigenvalue weighted by atomic mass is 10.2. The molecule has 16 heavy (non-hydrogen) atoms. The molecule has 1 rings (SSSR count). The first-order chi connectivity index (χ1) is 7.59. The van der Waals surface area contributed by atoms with Crippen molar-refractivity contribution in [2.24, 2.45) is 0 Å². The summed E-state index contributed by atoms with van der Waals surface area (Å²) in [7, 11) is 0. The number of rotatable bonds is 6. The molecule has 0 aromatic heterocycles. The van der Waals surface area contributed by atoms with Gasteiger partial charge in [-0.1, -0.05) is 32.0 Å². The molecule has 0 amide bonds. The van der Waals surface area contributed by atoms with Crippen molar-refractivity contribution in [3.8, 4) is 5.75 Å². The molecule has 1 unspecified atom stereocenters. The van der Waals surface area contributed by atoms with E-state index in [1.807, 2.05) is 24.3 Å². The van der Waals surface area contributed by atoms with Gasteiger partial charge in [-0.3, -0.25) is 0 Å². The van der Waals surface area contributed by atoms with Crippen molar-refractivity contribution in [1.29, 1.82) is 0 Å². The maximum Gasteiger partial charge on any atom is 0.123 e. The lowest BCUT2D eigenvalue weighted by Gasteiger charge is -2.14. The Morgan fingerprint density at radius 2 is 1.94 bits per heavy atom. The fraction of sp³-hybridized carbons (Fsp3) is 0.538.